The molecule has 0 amide bonds. The quantitative estimate of drug-likeness (QED) is 0.234. The Hall–Kier alpha value is -2.83. The Kier molecular flexibility index (Phi) is 10.1. The number of hydrogen-bond acceptors (Lipinski definition) is 9. The van der Waals surface area contributed by atoms with Crippen LogP contribution in [0.2, 0.25) is 0 Å². The molecule has 11 heteroatoms. The van der Waals surface area contributed by atoms with Gasteiger partial charge in [-0.05, 0) is 11.1 Å². The van der Waals surface area contributed by atoms with Crippen LogP contribution in [0.3, 0.4) is 0 Å². The molecular formula is C21H30N6O5. The highest BCUT2D eigenvalue weighted by atomic mass is 16.6. The molecule has 0 saturated carbocycles. The molecular weight excluding hydrogens is 416 g/mol. The summed E-state index contributed by atoms with van der Waals surface area (Å²) in [6, 6.07) is 8.01. The van der Waals surface area contributed by atoms with Crippen molar-refractivity contribution in [3.63, 3.8) is 0 Å². The Morgan fingerprint density at radius 1 is 0.875 bits per heavy atom. The first-order valence-electron chi connectivity index (χ1n) is 10.5. The van der Waals surface area contributed by atoms with Gasteiger partial charge in [0.15, 0.2) is 11.2 Å². The maximum atomic E-state index is 11.9. The van der Waals surface area contributed by atoms with Crippen molar-refractivity contribution in [1.82, 2.24) is 19.9 Å². The second-order valence-electron chi connectivity index (χ2n) is 6.86. The Morgan fingerprint density at radius 3 is 2.19 bits per heavy atom. The van der Waals surface area contributed by atoms with Crippen LogP contribution in [0.25, 0.3) is 11.2 Å². The average molecular weight is 447 g/mol. The van der Waals surface area contributed by atoms with Crippen molar-refractivity contribution in [3.8, 4) is 0 Å². The molecule has 11 nitrogen and oxygen atoms in total. The number of anilines is 1. The summed E-state index contributed by atoms with van der Waals surface area (Å²) in [6.07, 6.45) is 1.45. The average Bonchev–Trinajstić information content (AvgIpc) is 3.29. The molecule has 0 fully saturated rings. The molecule has 2 aromatic heterocycles. The molecule has 0 saturated heterocycles. The monoisotopic (exact) mass is 446 g/mol. The Labute approximate surface area is 185 Å². The summed E-state index contributed by atoms with van der Waals surface area (Å²) in [6.45, 7) is 5.28. The summed E-state index contributed by atoms with van der Waals surface area (Å²) < 4.78 is 21.7. The Balaban J connectivity index is 1.25. The van der Waals surface area contributed by atoms with E-state index in [1.165, 1.54) is 6.33 Å². The number of ether oxygens (including phenoxy) is 4. The largest absolute Gasteiger partial charge is 0.378 e. The highest BCUT2D eigenvalue weighted by Gasteiger charge is 2.05. The van der Waals surface area contributed by atoms with Crippen molar-refractivity contribution in [1.29, 1.82) is 0 Å². The molecule has 174 valence electrons. The lowest BCUT2D eigenvalue weighted by Gasteiger charge is -2.08. The van der Waals surface area contributed by atoms with E-state index >= 15 is 0 Å². The van der Waals surface area contributed by atoms with Crippen molar-refractivity contribution in [3.05, 3.63) is 52.1 Å². The third kappa shape index (κ3) is 8.02. The van der Waals surface area contributed by atoms with E-state index in [1.807, 2.05) is 24.3 Å². The summed E-state index contributed by atoms with van der Waals surface area (Å²) in [7, 11) is 0. The number of fused-ring (bicyclic) bond motifs is 1. The van der Waals surface area contributed by atoms with Crippen LogP contribution < -0.4 is 16.6 Å². The van der Waals surface area contributed by atoms with Gasteiger partial charge >= 0.3 is 0 Å². The van der Waals surface area contributed by atoms with E-state index in [0.29, 0.717) is 83.1 Å². The summed E-state index contributed by atoms with van der Waals surface area (Å²) >= 11 is 0. The molecule has 2 heterocycles. The molecule has 0 unspecified atom stereocenters. The first-order valence-corrected chi connectivity index (χ1v) is 10.5. The van der Waals surface area contributed by atoms with E-state index in [9.17, 15) is 4.79 Å². The van der Waals surface area contributed by atoms with Gasteiger partial charge in [-0.3, -0.25) is 9.78 Å². The van der Waals surface area contributed by atoms with Gasteiger partial charge in [0, 0.05) is 13.1 Å². The molecule has 3 rings (SSSR count). The maximum Gasteiger partial charge on any atom is 0.278 e. The standard InChI is InChI=1S/C21H30N6O5/c22-5-6-29-7-8-30-9-10-31-11-12-32-14-17-3-1-16(2-4-17)13-23-21-26-19-18(20(28)27-21)24-15-25-19/h1-4,15H,5-14,22H2,(H3,23,24,25,26,27,28). The van der Waals surface area contributed by atoms with Gasteiger partial charge in [-0.25, -0.2) is 4.98 Å². The number of hydrogen-bond donors (Lipinski definition) is 4. The molecule has 32 heavy (non-hydrogen) atoms. The number of aromatic amines is 2. The third-order valence-electron chi connectivity index (χ3n) is 4.43. The van der Waals surface area contributed by atoms with E-state index in [0.717, 1.165) is 11.1 Å². The van der Waals surface area contributed by atoms with Gasteiger partial charge in [0.25, 0.3) is 5.56 Å². The number of imidazole rings is 1. The normalized spacial score (nSPS) is 11.3. The van der Waals surface area contributed by atoms with Crippen LogP contribution in [-0.2, 0) is 32.1 Å². The number of nitrogens with one attached hydrogen (secondary N) is 3. The van der Waals surface area contributed by atoms with Crippen LogP contribution in [0, 0.1) is 0 Å². The highest BCUT2D eigenvalue weighted by Crippen LogP contribution is 2.09. The molecule has 5 N–H and O–H groups in total. The first-order chi connectivity index (χ1) is 15.8. The first kappa shape index (κ1) is 23.8. The van der Waals surface area contributed by atoms with Gasteiger partial charge in [0.1, 0.15) is 0 Å². The van der Waals surface area contributed by atoms with Gasteiger partial charge in [0.2, 0.25) is 5.95 Å². The van der Waals surface area contributed by atoms with E-state index in [4.69, 9.17) is 24.7 Å². The predicted molar refractivity (Wildman–Crippen MR) is 119 cm³/mol. The minimum atomic E-state index is -0.257. The second-order valence-corrected chi connectivity index (χ2v) is 6.86. The van der Waals surface area contributed by atoms with E-state index in [2.05, 4.69) is 25.3 Å². The number of benzene rings is 1. The predicted octanol–water partition coefficient (Wildman–Crippen LogP) is 0.783. The fourth-order valence-corrected chi connectivity index (χ4v) is 2.80. The van der Waals surface area contributed by atoms with Gasteiger partial charge in [-0.1, -0.05) is 24.3 Å². The number of rotatable bonds is 16. The van der Waals surface area contributed by atoms with E-state index in [-0.39, 0.29) is 5.56 Å². The molecule has 0 aliphatic rings. The summed E-state index contributed by atoms with van der Waals surface area (Å²) in [5.74, 6) is 0.382. The van der Waals surface area contributed by atoms with Crippen LogP contribution in [-0.4, -0.2) is 72.7 Å². The minimum Gasteiger partial charge on any atom is -0.378 e. The fraction of sp³-hybridized carbons (Fsp3) is 0.476. The Morgan fingerprint density at radius 2 is 1.50 bits per heavy atom. The van der Waals surface area contributed by atoms with Crippen LogP contribution in [0.4, 0.5) is 5.95 Å². The lowest BCUT2D eigenvalue weighted by molar-refractivity contribution is -0.00335. The van der Waals surface area contributed by atoms with Gasteiger partial charge in [-0.2, -0.15) is 4.98 Å². The van der Waals surface area contributed by atoms with E-state index in [1.54, 1.807) is 0 Å². The van der Waals surface area contributed by atoms with Crippen LogP contribution in [0.5, 0.6) is 0 Å². The topological polar surface area (TPSA) is 149 Å². The zero-order valence-corrected chi connectivity index (χ0v) is 18.0. The van der Waals surface area contributed by atoms with Crippen molar-refractivity contribution in [2.24, 2.45) is 5.73 Å². The van der Waals surface area contributed by atoms with Gasteiger partial charge < -0.3 is 35.0 Å². The van der Waals surface area contributed by atoms with Crippen LogP contribution in [0.15, 0.2) is 35.4 Å². The summed E-state index contributed by atoms with van der Waals surface area (Å²) in [4.78, 5) is 25.7. The van der Waals surface area contributed by atoms with Crippen molar-refractivity contribution in [2.75, 3.05) is 58.1 Å². The maximum absolute atomic E-state index is 11.9. The second kappa shape index (κ2) is 13.6. The van der Waals surface area contributed by atoms with Gasteiger partial charge in [-0.15, -0.1) is 0 Å². The highest BCUT2D eigenvalue weighted by molar-refractivity contribution is 5.69. The van der Waals surface area contributed by atoms with Crippen LogP contribution in [0.1, 0.15) is 11.1 Å². The molecule has 0 radical (unpaired) electrons. The fourth-order valence-electron chi connectivity index (χ4n) is 2.80. The molecule has 1 aromatic carbocycles. The lowest BCUT2D eigenvalue weighted by atomic mass is 10.1. The van der Waals surface area contributed by atoms with Crippen LogP contribution >= 0.6 is 0 Å². The number of nitrogens with two attached hydrogens (primary N) is 1. The van der Waals surface area contributed by atoms with Crippen molar-refractivity contribution >= 4 is 17.1 Å². The summed E-state index contributed by atoms with van der Waals surface area (Å²) in [5, 5.41) is 3.11. The number of aromatic nitrogens is 4. The molecule has 0 spiro atoms. The van der Waals surface area contributed by atoms with Crippen molar-refractivity contribution in [2.45, 2.75) is 13.2 Å². The summed E-state index contributed by atoms with van der Waals surface area (Å²) in [5.41, 5.74) is 7.93. The number of H-pyrrole nitrogens is 2. The number of nitrogens with zero attached hydrogens (tertiary/aromatic N) is 2. The minimum absolute atomic E-state index is 0.257. The third-order valence-corrected chi connectivity index (χ3v) is 4.43. The van der Waals surface area contributed by atoms with Crippen molar-refractivity contribution < 1.29 is 18.9 Å². The SMILES string of the molecule is NCCOCCOCCOCCOCc1ccc(CNc2nc3nc[nH]c3c(=O)[nH]2)cc1. The zero-order valence-electron chi connectivity index (χ0n) is 18.0. The molecule has 3 aromatic rings. The lowest BCUT2D eigenvalue weighted by Crippen LogP contribution is -2.14. The molecule has 0 aliphatic heterocycles. The smallest absolute Gasteiger partial charge is 0.278 e. The molecule has 0 bridgehead atoms. The molecule has 0 atom stereocenters. The zero-order chi connectivity index (χ0) is 22.4. The molecule has 0 aliphatic carbocycles. The Bertz CT molecular complexity index is 975. The van der Waals surface area contributed by atoms with Gasteiger partial charge in [0.05, 0.1) is 59.2 Å². The van der Waals surface area contributed by atoms with E-state index < -0.39 is 0 Å².